The summed E-state index contributed by atoms with van der Waals surface area (Å²) in [5.74, 6) is 0.227. The van der Waals surface area contributed by atoms with Gasteiger partial charge in [0.15, 0.2) is 6.23 Å². The standard InChI is InChI=1S/C10H12N5O3.Y/c11-8-7-9(13-3-12-8)15(4-14-7)10-6(17)1-5(2-16)18-10;/h4-6,10,16-17H,1-2H2,(H2,11,12,13);/q-1;+3. The summed E-state index contributed by atoms with van der Waals surface area (Å²) in [6.07, 6.45) is 2.53. The SMILES string of the molecule is Nc1n[c-]nc2c1ncn2C1OC(CO)CC1O.[Y+3]. The van der Waals surface area contributed by atoms with E-state index in [0.717, 1.165) is 0 Å². The van der Waals surface area contributed by atoms with Crippen LogP contribution in [0.5, 0.6) is 0 Å². The molecule has 0 bridgehead atoms. The molecule has 0 aliphatic carbocycles. The van der Waals surface area contributed by atoms with E-state index in [1.165, 1.54) is 6.33 Å². The molecule has 1 saturated heterocycles. The van der Waals surface area contributed by atoms with Crippen molar-refractivity contribution in [2.45, 2.75) is 24.9 Å². The Morgan fingerprint density at radius 3 is 3.00 bits per heavy atom. The summed E-state index contributed by atoms with van der Waals surface area (Å²) >= 11 is 0. The van der Waals surface area contributed by atoms with Gasteiger partial charge in [0.05, 0.1) is 24.7 Å². The molecule has 0 radical (unpaired) electrons. The number of ether oxygens (including phenoxy) is 1. The number of nitrogens with zero attached hydrogens (tertiary/aromatic N) is 4. The molecular weight excluding hydrogens is 327 g/mol. The molecule has 2 aromatic rings. The molecule has 2 aromatic heterocycles. The number of imidazole rings is 1. The summed E-state index contributed by atoms with van der Waals surface area (Å²) in [5, 5.41) is 19.0. The Kier molecular flexibility index (Phi) is 4.47. The number of aliphatic hydroxyl groups excluding tert-OH is 2. The van der Waals surface area contributed by atoms with Crippen molar-refractivity contribution in [3.8, 4) is 0 Å². The summed E-state index contributed by atoms with van der Waals surface area (Å²) in [4.78, 5) is 11.8. The molecule has 1 aliphatic rings. The smallest absolute Gasteiger partial charge is 0.433 e. The minimum Gasteiger partial charge on any atom is -0.433 e. The van der Waals surface area contributed by atoms with Crippen LogP contribution in [-0.4, -0.2) is 48.5 Å². The molecule has 3 unspecified atom stereocenters. The van der Waals surface area contributed by atoms with Crippen molar-refractivity contribution in [1.29, 1.82) is 0 Å². The summed E-state index contributed by atoms with van der Waals surface area (Å²) in [7, 11) is 0. The third-order valence-corrected chi connectivity index (χ3v) is 2.98. The Bertz CT molecular complexity index is 577. The molecule has 0 spiro atoms. The molecule has 96 valence electrons. The summed E-state index contributed by atoms with van der Waals surface area (Å²) in [6.45, 7) is -0.135. The number of fused-ring (bicyclic) bond motifs is 1. The Hall–Kier alpha value is -0.666. The fourth-order valence-corrected chi connectivity index (χ4v) is 2.11. The van der Waals surface area contributed by atoms with E-state index in [0.29, 0.717) is 17.6 Å². The number of hydrogen-bond donors (Lipinski definition) is 3. The number of aliphatic hydroxyl groups is 2. The van der Waals surface area contributed by atoms with Crippen molar-refractivity contribution in [3.63, 3.8) is 0 Å². The molecular formula is C10H12N5O3Y+2. The zero-order chi connectivity index (χ0) is 12.7. The Morgan fingerprint density at radius 2 is 2.32 bits per heavy atom. The van der Waals surface area contributed by atoms with Crippen LogP contribution in [0.15, 0.2) is 6.33 Å². The van der Waals surface area contributed by atoms with Crippen molar-refractivity contribution in [3.05, 3.63) is 12.7 Å². The number of rotatable bonds is 2. The predicted octanol–water partition coefficient (Wildman–Crippen LogP) is -1.15. The largest absolute Gasteiger partial charge is 3.00 e. The summed E-state index contributed by atoms with van der Waals surface area (Å²) < 4.78 is 7.10. The molecule has 3 heterocycles. The average molecular weight is 339 g/mol. The first-order chi connectivity index (χ1) is 8.70. The maximum absolute atomic E-state index is 9.92. The van der Waals surface area contributed by atoms with E-state index in [4.69, 9.17) is 15.6 Å². The van der Waals surface area contributed by atoms with Gasteiger partial charge < -0.3 is 35.2 Å². The molecule has 1 aliphatic heterocycles. The maximum Gasteiger partial charge on any atom is 3.00 e. The van der Waals surface area contributed by atoms with Gasteiger partial charge in [-0.05, 0) is 0 Å². The molecule has 3 atom stereocenters. The number of nitrogens with two attached hydrogens (primary N) is 1. The minimum atomic E-state index is -0.726. The van der Waals surface area contributed by atoms with E-state index in [9.17, 15) is 5.11 Å². The van der Waals surface area contributed by atoms with Crippen LogP contribution in [0.4, 0.5) is 5.82 Å². The number of nitrogen functional groups attached to an aromatic ring is 1. The third kappa shape index (κ3) is 2.51. The number of hydrogen-bond acceptors (Lipinski definition) is 7. The summed E-state index contributed by atoms with van der Waals surface area (Å²) in [5.41, 5.74) is 6.55. The fraction of sp³-hybridized carbons (Fsp3) is 0.500. The van der Waals surface area contributed by atoms with Crippen LogP contribution in [0.3, 0.4) is 0 Å². The van der Waals surface area contributed by atoms with Crippen molar-refractivity contribution < 1.29 is 47.7 Å². The van der Waals surface area contributed by atoms with Gasteiger partial charge in [0, 0.05) is 24.1 Å². The van der Waals surface area contributed by atoms with E-state index < -0.39 is 12.3 Å². The molecule has 4 N–H and O–H groups in total. The van der Waals surface area contributed by atoms with Crippen LogP contribution in [-0.2, 0) is 37.4 Å². The van der Waals surface area contributed by atoms with Crippen LogP contribution in [0, 0.1) is 6.33 Å². The van der Waals surface area contributed by atoms with Crippen molar-refractivity contribution in [2.75, 3.05) is 12.3 Å². The van der Waals surface area contributed by atoms with Gasteiger partial charge in [-0.2, -0.15) is 0 Å². The van der Waals surface area contributed by atoms with Crippen molar-refractivity contribution in [2.24, 2.45) is 0 Å². The Balaban J connectivity index is 0.00000133. The van der Waals surface area contributed by atoms with Gasteiger partial charge in [0.25, 0.3) is 0 Å². The van der Waals surface area contributed by atoms with Gasteiger partial charge in [-0.1, -0.05) is 0 Å². The second-order valence-corrected chi connectivity index (χ2v) is 4.17. The fourth-order valence-electron chi connectivity index (χ4n) is 2.11. The van der Waals surface area contributed by atoms with Crippen molar-refractivity contribution >= 4 is 17.0 Å². The first-order valence-electron chi connectivity index (χ1n) is 5.51. The second-order valence-electron chi connectivity index (χ2n) is 4.17. The predicted molar refractivity (Wildman–Crippen MR) is 60.2 cm³/mol. The zero-order valence-electron chi connectivity index (χ0n) is 9.97. The molecule has 0 saturated carbocycles. The van der Waals surface area contributed by atoms with Gasteiger partial charge in [-0.3, -0.25) is 4.98 Å². The number of anilines is 1. The summed E-state index contributed by atoms with van der Waals surface area (Å²) in [6, 6.07) is 0. The molecule has 8 nitrogen and oxygen atoms in total. The second kappa shape index (κ2) is 5.76. The van der Waals surface area contributed by atoms with E-state index in [-0.39, 0.29) is 51.2 Å². The quantitative estimate of drug-likeness (QED) is 0.591. The van der Waals surface area contributed by atoms with Crippen LogP contribution in [0.1, 0.15) is 12.6 Å². The number of aromatic nitrogens is 4. The third-order valence-electron chi connectivity index (χ3n) is 2.98. The molecule has 0 amide bonds. The van der Waals surface area contributed by atoms with Crippen LogP contribution in [0.2, 0.25) is 0 Å². The monoisotopic (exact) mass is 339 g/mol. The molecule has 0 aromatic carbocycles. The maximum atomic E-state index is 9.92. The average Bonchev–Trinajstić information content (AvgIpc) is 2.93. The topological polar surface area (TPSA) is 119 Å². The normalized spacial score (nSPS) is 26.5. The van der Waals surface area contributed by atoms with Gasteiger partial charge >= 0.3 is 32.7 Å². The molecule has 9 heteroatoms. The van der Waals surface area contributed by atoms with E-state index >= 15 is 0 Å². The molecule has 3 rings (SSSR count). The minimum absolute atomic E-state index is 0. The van der Waals surface area contributed by atoms with Gasteiger partial charge in [-0.25, -0.2) is 0 Å². The van der Waals surface area contributed by atoms with E-state index in [2.05, 4.69) is 21.3 Å². The van der Waals surface area contributed by atoms with Crippen LogP contribution >= 0.6 is 0 Å². The van der Waals surface area contributed by atoms with Crippen LogP contribution < -0.4 is 5.73 Å². The molecule has 1 fully saturated rings. The van der Waals surface area contributed by atoms with Gasteiger partial charge in [0.2, 0.25) is 0 Å². The van der Waals surface area contributed by atoms with Crippen molar-refractivity contribution in [1.82, 2.24) is 19.5 Å². The first-order valence-corrected chi connectivity index (χ1v) is 5.51. The van der Waals surface area contributed by atoms with Gasteiger partial charge in [-0.15, -0.1) is 0 Å². The Morgan fingerprint density at radius 1 is 1.53 bits per heavy atom. The molecule has 19 heavy (non-hydrogen) atoms. The van der Waals surface area contributed by atoms with Gasteiger partial charge in [0.1, 0.15) is 6.10 Å². The zero-order valence-corrected chi connectivity index (χ0v) is 12.8. The van der Waals surface area contributed by atoms with Crippen LogP contribution in [0.25, 0.3) is 11.2 Å². The first kappa shape index (κ1) is 14.7. The Labute approximate surface area is 133 Å². The van der Waals surface area contributed by atoms with E-state index in [1.807, 2.05) is 0 Å². The van der Waals surface area contributed by atoms with E-state index in [1.54, 1.807) is 4.57 Å².